The van der Waals surface area contributed by atoms with Gasteiger partial charge in [-0.15, -0.1) is 0 Å². The number of hydrogen-bond acceptors (Lipinski definition) is 2. The summed E-state index contributed by atoms with van der Waals surface area (Å²) in [6, 6.07) is 18.2. The molecule has 0 bridgehead atoms. The van der Waals surface area contributed by atoms with Crippen LogP contribution in [0.4, 0.5) is 0 Å². The molecule has 1 N–H and O–H groups in total. The van der Waals surface area contributed by atoms with Crippen molar-refractivity contribution in [3.05, 3.63) is 70.9 Å². The summed E-state index contributed by atoms with van der Waals surface area (Å²) < 4.78 is 0. The van der Waals surface area contributed by atoms with E-state index in [0.717, 1.165) is 19.6 Å². The topological polar surface area (TPSA) is 22.3 Å². The third-order valence-electron chi connectivity index (χ3n) is 6.30. The van der Waals surface area contributed by atoms with E-state index in [9.17, 15) is 0 Å². The van der Waals surface area contributed by atoms with Gasteiger partial charge in [-0.2, -0.15) is 0 Å². The van der Waals surface area contributed by atoms with Crippen molar-refractivity contribution in [2.75, 3.05) is 26.7 Å². The van der Waals surface area contributed by atoms with Crippen molar-refractivity contribution < 1.29 is 0 Å². The number of likely N-dealkylation sites (N-methyl/N-ethyl adjacent to an activating group) is 1. The predicted octanol–water partition coefficient (Wildman–Crippen LogP) is 4.73. The lowest BCUT2D eigenvalue weighted by molar-refractivity contribution is 0.220. The Balaban J connectivity index is 1.45. The summed E-state index contributed by atoms with van der Waals surface area (Å²) in [5.41, 5.74) is 7.06. The Hall–Kier alpha value is -2.10. The summed E-state index contributed by atoms with van der Waals surface area (Å²) in [6.07, 6.45) is 4.12. The van der Waals surface area contributed by atoms with E-state index in [-0.39, 0.29) is 0 Å². The van der Waals surface area contributed by atoms with Crippen molar-refractivity contribution in [2.45, 2.75) is 38.3 Å². The molecule has 3 nitrogen and oxygen atoms in total. The SMILES string of the molecule is CN1Cc2cc(CN3CCCCC3)ccc2C(c2cc3ccccc3[nH]2)C1. The molecule has 3 heterocycles. The number of likely N-dealkylation sites (tertiary alicyclic amines) is 1. The van der Waals surface area contributed by atoms with Crippen molar-refractivity contribution in [1.82, 2.24) is 14.8 Å². The highest BCUT2D eigenvalue weighted by Gasteiger charge is 2.26. The molecule has 1 fully saturated rings. The molecule has 2 aromatic carbocycles. The normalized spacial score (nSPS) is 21.4. The van der Waals surface area contributed by atoms with Crippen molar-refractivity contribution in [3.63, 3.8) is 0 Å². The number of aromatic amines is 1. The zero-order valence-corrected chi connectivity index (χ0v) is 16.2. The zero-order valence-electron chi connectivity index (χ0n) is 16.2. The van der Waals surface area contributed by atoms with Gasteiger partial charge in [0.1, 0.15) is 0 Å². The van der Waals surface area contributed by atoms with E-state index in [1.165, 1.54) is 65.6 Å². The highest BCUT2D eigenvalue weighted by molar-refractivity contribution is 5.80. The van der Waals surface area contributed by atoms with Gasteiger partial charge in [-0.3, -0.25) is 4.90 Å². The summed E-state index contributed by atoms with van der Waals surface area (Å²) in [6.45, 7) is 5.75. The minimum absolute atomic E-state index is 0.426. The Kier molecular flexibility index (Phi) is 4.50. The summed E-state index contributed by atoms with van der Waals surface area (Å²) in [5, 5.41) is 1.31. The number of para-hydroxylation sites is 1. The number of benzene rings is 2. The number of fused-ring (bicyclic) bond motifs is 2. The zero-order chi connectivity index (χ0) is 18.2. The first kappa shape index (κ1) is 17.0. The van der Waals surface area contributed by atoms with Crippen LogP contribution >= 0.6 is 0 Å². The van der Waals surface area contributed by atoms with Crippen molar-refractivity contribution in [3.8, 4) is 0 Å². The van der Waals surface area contributed by atoms with Gasteiger partial charge in [-0.25, -0.2) is 0 Å². The molecule has 0 radical (unpaired) electrons. The van der Waals surface area contributed by atoms with E-state index in [2.05, 4.69) is 70.4 Å². The molecule has 0 aliphatic carbocycles. The molecule has 27 heavy (non-hydrogen) atoms. The summed E-state index contributed by atoms with van der Waals surface area (Å²) in [7, 11) is 2.25. The summed E-state index contributed by atoms with van der Waals surface area (Å²) in [5.74, 6) is 0.426. The molecular weight excluding hydrogens is 330 g/mol. The molecule has 1 atom stereocenters. The molecule has 0 amide bonds. The minimum atomic E-state index is 0.426. The highest BCUT2D eigenvalue weighted by Crippen LogP contribution is 2.34. The van der Waals surface area contributed by atoms with E-state index in [4.69, 9.17) is 0 Å². The number of rotatable bonds is 3. The van der Waals surface area contributed by atoms with Crippen molar-refractivity contribution in [2.24, 2.45) is 0 Å². The molecular formula is C24H29N3. The van der Waals surface area contributed by atoms with Crippen LogP contribution in [-0.2, 0) is 13.1 Å². The number of piperidine rings is 1. The van der Waals surface area contributed by atoms with E-state index in [1.807, 2.05) is 0 Å². The molecule has 2 aliphatic rings. The summed E-state index contributed by atoms with van der Waals surface area (Å²) in [4.78, 5) is 8.75. The van der Waals surface area contributed by atoms with Crippen LogP contribution in [-0.4, -0.2) is 41.5 Å². The van der Waals surface area contributed by atoms with Gasteiger partial charge in [0.05, 0.1) is 0 Å². The van der Waals surface area contributed by atoms with Crippen molar-refractivity contribution >= 4 is 10.9 Å². The lowest BCUT2D eigenvalue weighted by atomic mass is 9.86. The van der Waals surface area contributed by atoms with Gasteiger partial charge in [-0.1, -0.05) is 42.8 Å². The van der Waals surface area contributed by atoms with Gasteiger partial charge in [0.25, 0.3) is 0 Å². The van der Waals surface area contributed by atoms with E-state index in [1.54, 1.807) is 0 Å². The lowest BCUT2D eigenvalue weighted by Gasteiger charge is -2.33. The van der Waals surface area contributed by atoms with Gasteiger partial charge in [0.2, 0.25) is 0 Å². The van der Waals surface area contributed by atoms with Gasteiger partial charge >= 0.3 is 0 Å². The summed E-state index contributed by atoms with van der Waals surface area (Å²) >= 11 is 0. The molecule has 0 spiro atoms. The Morgan fingerprint density at radius 2 is 1.85 bits per heavy atom. The maximum absolute atomic E-state index is 3.67. The van der Waals surface area contributed by atoms with Crippen LogP contribution in [0.25, 0.3) is 10.9 Å². The molecule has 1 unspecified atom stereocenters. The van der Waals surface area contributed by atoms with Crippen LogP contribution in [0, 0.1) is 0 Å². The van der Waals surface area contributed by atoms with Crippen LogP contribution < -0.4 is 0 Å². The van der Waals surface area contributed by atoms with Crippen LogP contribution in [0.2, 0.25) is 0 Å². The van der Waals surface area contributed by atoms with Crippen molar-refractivity contribution in [1.29, 1.82) is 0 Å². The molecule has 1 saturated heterocycles. The Bertz CT molecular complexity index is 903. The number of nitrogens with zero attached hydrogens (tertiary/aromatic N) is 2. The largest absolute Gasteiger partial charge is 0.358 e. The van der Waals surface area contributed by atoms with E-state index < -0.39 is 0 Å². The quantitative estimate of drug-likeness (QED) is 0.730. The van der Waals surface area contributed by atoms with Crippen LogP contribution in [0.5, 0.6) is 0 Å². The predicted molar refractivity (Wildman–Crippen MR) is 112 cm³/mol. The second-order valence-corrected chi connectivity index (χ2v) is 8.43. The molecule has 3 heteroatoms. The second-order valence-electron chi connectivity index (χ2n) is 8.43. The molecule has 1 aromatic heterocycles. The standard InChI is InChI=1S/C24H29N3/c1-26-16-20-13-18(15-27-11-5-2-6-12-27)9-10-21(20)22(17-26)24-14-19-7-3-4-8-23(19)25-24/h3-4,7-10,13-14,22,25H,2,5-6,11-12,15-17H2,1H3. The molecule has 5 rings (SSSR count). The highest BCUT2D eigenvalue weighted by atomic mass is 15.1. The third kappa shape index (κ3) is 3.42. The average molecular weight is 360 g/mol. The number of nitrogens with one attached hydrogen (secondary N) is 1. The lowest BCUT2D eigenvalue weighted by Crippen LogP contribution is -2.32. The first-order valence-corrected chi connectivity index (χ1v) is 10.4. The Morgan fingerprint density at radius 3 is 2.70 bits per heavy atom. The number of hydrogen-bond donors (Lipinski definition) is 1. The van der Waals surface area contributed by atoms with E-state index in [0.29, 0.717) is 5.92 Å². The fourth-order valence-electron chi connectivity index (χ4n) is 4.92. The van der Waals surface area contributed by atoms with Crippen LogP contribution in [0.3, 0.4) is 0 Å². The molecule has 3 aromatic rings. The van der Waals surface area contributed by atoms with Gasteiger partial charge in [0.15, 0.2) is 0 Å². The maximum Gasteiger partial charge on any atom is 0.0456 e. The van der Waals surface area contributed by atoms with Gasteiger partial charge < -0.3 is 9.88 Å². The first-order valence-electron chi connectivity index (χ1n) is 10.4. The molecule has 0 saturated carbocycles. The average Bonchev–Trinajstić information content (AvgIpc) is 3.12. The van der Waals surface area contributed by atoms with E-state index >= 15 is 0 Å². The first-order chi connectivity index (χ1) is 13.3. The number of aromatic nitrogens is 1. The fourth-order valence-corrected chi connectivity index (χ4v) is 4.92. The maximum atomic E-state index is 3.67. The third-order valence-corrected chi connectivity index (χ3v) is 6.30. The smallest absolute Gasteiger partial charge is 0.0456 e. The van der Waals surface area contributed by atoms with Gasteiger partial charge in [-0.05, 0) is 67.2 Å². The Labute approximate surface area is 162 Å². The van der Waals surface area contributed by atoms with Gasteiger partial charge in [0, 0.05) is 36.8 Å². The second kappa shape index (κ2) is 7.14. The minimum Gasteiger partial charge on any atom is -0.358 e. The fraction of sp³-hybridized carbons (Fsp3) is 0.417. The van der Waals surface area contributed by atoms with Crippen LogP contribution in [0.15, 0.2) is 48.5 Å². The Morgan fingerprint density at radius 1 is 1.00 bits per heavy atom. The number of H-pyrrole nitrogens is 1. The molecule has 140 valence electrons. The monoisotopic (exact) mass is 359 g/mol. The molecule has 2 aliphatic heterocycles. The van der Waals surface area contributed by atoms with Crippen LogP contribution in [0.1, 0.15) is 47.6 Å².